The summed E-state index contributed by atoms with van der Waals surface area (Å²) >= 11 is 2.14. The molecule has 0 bridgehead atoms. The van der Waals surface area contributed by atoms with Crippen molar-refractivity contribution in [3.63, 3.8) is 0 Å². The smallest absolute Gasteiger partial charge is 0.327 e. The number of hydrogen-bond acceptors (Lipinski definition) is 5. The van der Waals surface area contributed by atoms with E-state index in [0.717, 1.165) is 41.8 Å². The van der Waals surface area contributed by atoms with E-state index >= 15 is 0 Å². The van der Waals surface area contributed by atoms with Gasteiger partial charge in [-0.2, -0.15) is 4.98 Å². The molecule has 1 unspecified atom stereocenters. The van der Waals surface area contributed by atoms with Gasteiger partial charge in [0.05, 0.1) is 18.4 Å². The fourth-order valence-corrected chi connectivity index (χ4v) is 3.86. The number of nitrogens with zero attached hydrogens (tertiary/aromatic N) is 2. The summed E-state index contributed by atoms with van der Waals surface area (Å²) in [5.41, 5.74) is 7.74. The van der Waals surface area contributed by atoms with Gasteiger partial charge in [-0.25, -0.2) is 4.79 Å². The summed E-state index contributed by atoms with van der Waals surface area (Å²) in [6, 6.07) is 0. The number of hydrogen-bond donors (Lipinski definition) is 2. The van der Waals surface area contributed by atoms with E-state index in [0.29, 0.717) is 35.9 Å². The van der Waals surface area contributed by atoms with Crippen LogP contribution in [0.5, 0.6) is 5.88 Å². The van der Waals surface area contributed by atoms with Gasteiger partial charge in [0, 0.05) is 13.2 Å². The molecule has 1 aliphatic carbocycles. The second kappa shape index (κ2) is 7.14. The number of H-pyrrole nitrogens is 1. The highest BCUT2D eigenvalue weighted by molar-refractivity contribution is 14.1. The first-order valence-corrected chi connectivity index (χ1v) is 10.0. The molecule has 1 saturated heterocycles. The number of pyridine rings is 1. The minimum Gasteiger partial charge on any atom is -0.477 e. The predicted molar refractivity (Wildman–Crippen MR) is 104 cm³/mol. The van der Waals surface area contributed by atoms with Gasteiger partial charge >= 0.3 is 5.69 Å². The number of anilines is 1. The molecule has 0 spiro atoms. The Labute approximate surface area is 159 Å². The minimum atomic E-state index is -0.182. The maximum atomic E-state index is 12.4. The third-order valence-corrected chi connectivity index (χ3v) is 6.06. The normalized spacial score (nSPS) is 20.4. The van der Waals surface area contributed by atoms with E-state index in [1.807, 2.05) is 0 Å². The molecule has 0 aromatic carbocycles. The monoisotopic (exact) mass is 458 g/mol. The molecule has 25 heavy (non-hydrogen) atoms. The number of halogens is 1. The van der Waals surface area contributed by atoms with Crippen LogP contribution in [-0.2, 0) is 11.3 Å². The Bertz CT molecular complexity index is 821. The first-order valence-electron chi connectivity index (χ1n) is 8.95. The van der Waals surface area contributed by atoms with E-state index in [-0.39, 0.29) is 11.8 Å². The van der Waals surface area contributed by atoms with Crippen LogP contribution in [0, 0.1) is 9.49 Å². The molecule has 1 aliphatic heterocycles. The second-order valence-electron chi connectivity index (χ2n) is 6.93. The minimum absolute atomic E-state index is 0.182. The van der Waals surface area contributed by atoms with Crippen molar-refractivity contribution in [1.82, 2.24) is 14.5 Å². The molecular weight excluding hydrogens is 435 g/mol. The molecule has 0 radical (unpaired) electrons. The first kappa shape index (κ1) is 17.1. The summed E-state index contributed by atoms with van der Waals surface area (Å²) < 4.78 is 13.9. The summed E-state index contributed by atoms with van der Waals surface area (Å²) in [6.07, 6.45) is 6.83. The van der Waals surface area contributed by atoms with Crippen LogP contribution >= 0.6 is 22.6 Å². The number of aromatic nitrogens is 3. The van der Waals surface area contributed by atoms with Gasteiger partial charge in [-0.15, -0.1) is 0 Å². The zero-order valence-corrected chi connectivity index (χ0v) is 16.3. The summed E-state index contributed by atoms with van der Waals surface area (Å²) in [5, 5.41) is 0. The average Bonchev–Trinajstić information content (AvgIpc) is 3.16. The molecule has 8 heteroatoms. The topological polar surface area (TPSA) is 95.2 Å². The van der Waals surface area contributed by atoms with Crippen molar-refractivity contribution in [2.45, 2.75) is 51.2 Å². The van der Waals surface area contributed by atoms with Crippen molar-refractivity contribution in [2.75, 3.05) is 18.9 Å². The Kier molecular flexibility index (Phi) is 4.90. The summed E-state index contributed by atoms with van der Waals surface area (Å²) in [7, 11) is 0. The van der Waals surface area contributed by atoms with Crippen LogP contribution in [0.4, 0.5) is 5.69 Å². The zero-order chi connectivity index (χ0) is 17.4. The van der Waals surface area contributed by atoms with Gasteiger partial charge in [0.2, 0.25) is 5.88 Å². The number of imidazole rings is 1. The fourth-order valence-electron chi connectivity index (χ4n) is 3.31. The molecule has 2 fully saturated rings. The molecular formula is C17H23IN4O3. The summed E-state index contributed by atoms with van der Waals surface area (Å²) in [4.78, 5) is 19.8. The van der Waals surface area contributed by atoms with E-state index < -0.39 is 0 Å². The third-order valence-electron chi connectivity index (χ3n) is 5.02. The van der Waals surface area contributed by atoms with E-state index in [4.69, 9.17) is 15.2 Å². The lowest BCUT2D eigenvalue weighted by Gasteiger charge is -2.12. The van der Waals surface area contributed by atoms with Crippen LogP contribution in [0.15, 0.2) is 4.79 Å². The highest BCUT2D eigenvalue weighted by atomic mass is 127. The largest absolute Gasteiger partial charge is 0.477 e. The Morgan fingerprint density at radius 3 is 2.92 bits per heavy atom. The number of nitrogens with one attached hydrogen (secondary N) is 1. The fraction of sp³-hybridized carbons (Fsp3) is 0.647. The maximum absolute atomic E-state index is 12.4. The van der Waals surface area contributed by atoms with Crippen molar-refractivity contribution < 1.29 is 9.47 Å². The molecule has 3 N–H and O–H groups in total. The van der Waals surface area contributed by atoms with E-state index in [1.54, 1.807) is 4.57 Å². The maximum Gasteiger partial charge on any atom is 0.327 e. The highest BCUT2D eigenvalue weighted by Crippen LogP contribution is 2.34. The van der Waals surface area contributed by atoms with Gasteiger partial charge in [0.25, 0.3) is 0 Å². The van der Waals surface area contributed by atoms with Gasteiger partial charge in [0.1, 0.15) is 9.09 Å². The molecule has 1 atom stereocenters. The highest BCUT2D eigenvalue weighted by Gasteiger charge is 2.23. The third kappa shape index (κ3) is 3.64. The molecule has 0 amide bonds. The van der Waals surface area contributed by atoms with Gasteiger partial charge in [-0.05, 0) is 54.2 Å². The van der Waals surface area contributed by atoms with Crippen molar-refractivity contribution in [3.05, 3.63) is 14.1 Å². The molecule has 7 nitrogen and oxygen atoms in total. The van der Waals surface area contributed by atoms with Crippen LogP contribution < -0.4 is 16.2 Å². The van der Waals surface area contributed by atoms with Crippen LogP contribution in [-0.4, -0.2) is 33.9 Å². The van der Waals surface area contributed by atoms with E-state index in [9.17, 15) is 4.79 Å². The number of fused-ring (bicyclic) bond motifs is 1. The van der Waals surface area contributed by atoms with Gasteiger partial charge in [0.15, 0.2) is 5.65 Å². The SMILES string of the molecule is Nc1c(I)c(OCCC2CC2)nc2c1[nH]c(=O)n2CCC1CCCO1. The lowest BCUT2D eigenvalue weighted by Crippen LogP contribution is -2.20. The molecule has 2 aromatic rings. The Morgan fingerprint density at radius 2 is 2.20 bits per heavy atom. The Balaban J connectivity index is 1.59. The van der Waals surface area contributed by atoms with Gasteiger partial charge in [-0.1, -0.05) is 12.8 Å². The van der Waals surface area contributed by atoms with Crippen LogP contribution in [0.2, 0.25) is 0 Å². The second-order valence-corrected chi connectivity index (χ2v) is 8.01. The molecule has 1 saturated carbocycles. The predicted octanol–water partition coefficient (Wildman–Crippen LogP) is 2.66. The zero-order valence-electron chi connectivity index (χ0n) is 14.1. The van der Waals surface area contributed by atoms with Gasteiger partial charge < -0.3 is 20.2 Å². The number of aryl methyl sites for hydroxylation is 1. The molecule has 3 heterocycles. The Hall–Kier alpha value is -1.29. The van der Waals surface area contributed by atoms with E-state index in [2.05, 4.69) is 32.6 Å². The number of nitrogens with two attached hydrogens (primary N) is 1. The van der Waals surface area contributed by atoms with Crippen LogP contribution in [0.25, 0.3) is 11.2 Å². The first-order chi connectivity index (χ1) is 12.1. The van der Waals surface area contributed by atoms with Crippen molar-refractivity contribution in [3.8, 4) is 5.88 Å². The van der Waals surface area contributed by atoms with Crippen LogP contribution in [0.3, 0.4) is 0 Å². The number of rotatable bonds is 7. The Morgan fingerprint density at radius 1 is 1.36 bits per heavy atom. The molecule has 2 aliphatic rings. The average molecular weight is 458 g/mol. The lowest BCUT2D eigenvalue weighted by atomic mass is 10.2. The summed E-state index contributed by atoms with van der Waals surface area (Å²) in [5.74, 6) is 1.33. The van der Waals surface area contributed by atoms with Crippen LogP contribution in [0.1, 0.15) is 38.5 Å². The van der Waals surface area contributed by atoms with Crippen molar-refractivity contribution in [1.29, 1.82) is 0 Å². The van der Waals surface area contributed by atoms with Crippen molar-refractivity contribution >= 4 is 39.4 Å². The van der Waals surface area contributed by atoms with E-state index in [1.165, 1.54) is 12.8 Å². The standard InChI is InChI=1S/C17H23IN4O3/c18-12-13(19)14-15(21-16(12)25-9-6-10-3-4-10)22(17(23)20-14)7-5-11-2-1-8-24-11/h10-11H,1-9H2,(H2,19,21)(H,20,23). The number of aromatic amines is 1. The van der Waals surface area contributed by atoms with Gasteiger partial charge in [-0.3, -0.25) is 4.57 Å². The molecule has 4 rings (SSSR count). The molecule has 136 valence electrons. The molecule has 2 aromatic heterocycles. The van der Waals surface area contributed by atoms with Crippen molar-refractivity contribution in [2.24, 2.45) is 5.92 Å². The quantitative estimate of drug-likeness (QED) is 0.623. The lowest BCUT2D eigenvalue weighted by molar-refractivity contribution is 0.100. The summed E-state index contributed by atoms with van der Waals surface area (Å²) in [6.45, 7) is 2.02. The number of ether oxygens (including phenoxy) is 2. The number of nitrogen functional groups attached to an aromatic ring is 1.